The number of carbonyl (C=O) groups is 1. The number of pyridine rings is 2. The first kappa shape index (κ1) is 11.8. The molecular weight excluding hydrogens is 240 g/mol. The minimum Gasteiger partial charge on any atom is -0.342 e. The number of hydrogen-bond acceptors (Lipinski definition) is 4. The maximum Gasteiger partial charge on any atom is 0.239 e. The first-order valence-corrected chi connectivity index (χ1v) is 6.17. The van der Waals surface area contributed by atoms with Crippen molar-refractivity contribution in [1.82, 2.24) is 20.6 Å². The van der Waals surface area contributed by atoms with Crippen LogP contribution in [0.1, 0.15) is 17.0 Å². The van der Waals surface area contributed by atoms with E-state index in [1.807, 2.05) is 24.3 Å². The largest absolute Gasteiger partial charge is 0.342 e. The summed E-state index contributed by atoms with van der Waals surface area (Å²) in [4.78, 5) is 20.0. The van der Waals surface area contributed by atoms with Gasteiger partial charge in [0.2, 0.25) is 5.91 Å². The van der Waals surface area contributed by atoms with E-state index in [1.54, 1.807) is 24.8 Å². The minimum absolute atomic E-state index is 0.0265. The molecule has 1 amide bonds. The Morgan fingerprint density at radius 2 is 1.53 bits per heavy atom. The van der Waals surface area contributed by atoms with Crippen molar-refractivity contribution in [3.63, 3.8) is 0 Å². The van der Waals surface area contributed by atoms with Gasteiger partial charge in [0.15, 0.2) is 0 Å². The van der Waals surface area contributed by atoms with E-state index in [4.69, 9.17) is 0 Å². The molecule has 0 radical (unpaired) electrons. The first-order valence-electron chi connectivity index (χ1n) is 6.17. The maximum absolute atomic E-state index is 12.0. The number of nitrogens with one attached hydrogen (secondary N) is 2. The average molecular weight is 254 g/mol. The fraction of sp³-hybridized carbons (Fsp3) is 0.214. The summed E-state index contributed by atoms with van der Waals surface area (Å²) in [5.74, 6) is -0.00729. The third-order valence-corrected chi connectivity index (χ3v) is 3.33. The van der Waals surface area contributed by atoms with Crippen molar-refractivity contribution >= 4 is 5.91 Å². The Hall–Kier alpha value is -2.27. The van der Waals surface area contributed by atoms with Gasteiger partial charge < -0.3 is 5.32 Å². The van der Waals surface area contributed by atoms with Crippen molar-refractivity contribution in [3.05, 3.63) is 60.2 Å². The molecule has 0 aromatic carbocycles. The third-order valence-electron chi connectivity index (χ3n) is 3.33. The molecule has 2 aromatic heterocycles. The van der Waals surface area contributed by atoms with Gasteiger partial charge in [0.05, 0.1) is 12.7 Å². The molecule has 1 aliphatic rings. The molecule has 0 spiro atoms. The van der Waals surface area contributed by atoms with Crippen LogP contribution in [0.3, 0.4) is 0 Å². The molecule has 96 valence electrons. The highest BCUT2D eigenvalue weighted by Gasteiger charge is 2.33. The Labute approximate surface area is 111 Å². The molecule has 1 unspecified atom stereocenters. The second-order valence-electron chi connectivity index (χ2n) is 4.44. The number of nitrogens with zero attached hydrogens (tertiary/aromatic N) is 2. The predicted octanol–water partition coefficient (Wildman–Crippen LogP) is 0.654. The quantitative estimate of drug-likeness (QED) is 0.844. The summed E-state index contributed by atoms with van der Waals surface area (Å²) >= 11 is 0. The normalized spacial score (nSPS) is 18.6. The van der Waals surface area contributed by atoms with Crippen LogP contribution in [0.2, 0.25) is 0 Å². The van der Waals surface area contributed by atoms with Crippen LogP contribution in [-0.4, -0.2) is 28.6 Å². The molecule has 1 fully saturated rings. The van der Waals surface area contributed by atoms with E-state index in [0.717, 1.165) is 11.1 Å². The van der Waals surface area contributed by atoms with Gasteiger partial charge in [-0.15, -0.1) is 0 Å². The average Bonchev–Trinajstić information content (AvgIpc) is 2.88. The maximum atomic E-state index is 12.0. The smallest absolute Gasteiger partial charge is 0.239 e. The van der Waals surface area contributed by atoms with Crippen LogP contribution in [0.15, 0.2) is 49.1 Å². The topological polar surface area (TPSA) is 66.9 Å². The minimum atomic E-state index is -0.259. The van der Waals surface area contributed by atoms with Crippen LogP contribution >= 0.6 is 0 Å². The Bertz CT molecular complexity index is 519. The summed E-state index contributed by atoms with van der Waals surface area (Å²) in [7, 11) is 0. The number of carbonyl (C=O) groups excluding carboxylic acids is 1. The molecule has 3 heterocycles. The Morgan fingerprint density at radius 1 is 1.00 bits per heavy atom. The van der Waals surface area contributed by atoms with E-state index in [1.165, 1.54) is 0 Å². The lowest BCUT2D eigenvalue weighted by Gasteiger charge is -2.22. The number of hydrogen-bond donors (Lipinski definition) is 2. The highest BCUT2D eigenvalue weighted by molar-refractivity contribution is 5.85. The SMILES string of the molecule is O=C1NCNC1C(c1ccncc1)c1ccncc1. The summed E-state index contributed by atoms with van der Waals surface area (Å²) in [5, 5.41) is 6.01. The molecule has 0 bridgehead atoms. The van der Waals surface area contributed by atoms with E-state index >= 15 is 0 Å². The van der Waals surface area contributed by atoms with Crippen LogP contribution in [0.4, 0.5) is 0 Å². The zero-order valence-electron chi connectivity index (χ0n) is 10.3. The highest BCUT2D eigenvalue weighted by atomic mass is 16.2. The lowest BCUT2D eigenvalue weighted by atomic mass is 9.86. The molecule has 19 heavy (non-hydrogen) atoms. The van der Waals surface area contributed by atoms with Gasteiger partial charge in [-0.25, -0.2) is 0 Å². The van der Waals surface area contributed by atoms with Crippen LogP contribution in [0.5, 0.6) is 0 Å². The van der Waals surface area contributed by atoms with Gasteiger partial charge in [-0.3, -0.25) is 20.1 Å². The van der Waals surface area contributed by atoms with Crippen LogP contribution in [-0.2, 0) is 4.79 Å². The molecule has 2 N–H and O–H groups in total. The number of aromatic nitrogens is 2. The number of amides is 1. The van der Waals surface area contributed by atoms with Gasteiger partial charge in [0, 0.05) is 30.7 Å². The van der Waals surface area contributed by atoms with Gasteiger partial charge in [-0.2, -0.15) is 0 Å². The molecular formula is C14H14N4O. The Kier molecular flexibility index (Phi) is 3.20. The zero-order valence-corrected chi connectivity index (χ0v) is 10.3. The molecule has 1 aliphatic heterocycles. The van der Waals surface area contributed by atoms with Crippen molar-refractivity contribution in [1.29, 1.82) is 0 Å². The van der Waals surface area contributed by atoms with E-state index < -0.39 is 0 Å². The fourth-order valence-electron chi connectivity index (χ4n) is 2.44. The fourth-order valence-corrected chi connectivity index (χ4v) is 2.44. The Balaban J connectivity index is 2.03. The first-order chi connectivity index (χ1) is 9.36. The summed E-state index contributed by atoms with van der Waals surface area (Å²) < 4.78 is 0. The van der Waals surface area contributed by atoms with E-state index in [0.29, 0.717) is 6.67 Å². The van der Waals surface area contributed by atoms with E-state index in [9.17, 15) is 4.79 Å². The summed E-state index contributed by atoms with van der Waals surface area (Å²) in [6.07, 6.45) is 6.99. The van der Waals surface area contributed by atoms with Gasteiger partial charge in [-0.05, 0) is 35.4 Å². The molecule has 2 aromatic rings. The molecule has 0 saturated carbocycles. The zero-order chi connectivity index (χ0) is 13.1. The summed E-state index contributed by atoms with van der Waals surface area (Å²) in [5.41, 5.74) is 2.13. The molecule has 5 nitrogen and oxygen atoms in total. The lowest BCUT2D eigenvalue weighted by molar-refractivity contribution is -0.120. The van der Waals surface area contributed by atoms with E-state index in [-0.39, 0.29) is 17.9 Å². The molecule has 0 aliphatic carbocycles. The monoisotopic (exact) mass is 254 g/mol. The predicted molar refractivity (Wildman–Crippen MR) is 70.3 cm³/mol. The van der Waals surface area contributed by atoms with Crippen molar-refractivity contribution in [3.8, 4) is 0 Å². The van der Waals surface area contributed by atoms with Crippen molar-refractivity contribution < 1.29 is 4.79 Å². The van der Waals surface area contributed by atoms with Gasteiger partial charge in [0.25, 0.3) is 0 Å². The standard InChI is InChI=1S/C14H14N4O/c19-14-13(17-9-18-14)12(10-1-5-15-6-2-10)11-3-7-16-8-4-11/h1-8,12-13,17H,9H2,(H,18,19). The number of rotatable bonds is 3. The summed E-state index contributed by atoms with van der Waals surface area (Å²) in [6.45, 7) is 0.510. The molecule has 3 rings (SSSR count). The second-order valence-corrected chi connectivity index (χ2v) is 4.44. The van der Waals surface area contributed by atoms with Crippen molar-refractivity contribution in [2.24, 2.45) is 0 Å². The van der Waals surface area contributed by atoms with E-state index in [2.05, 4.69) is 20.6 Å². The summed E-state index contributed by atoms with van der Waals surface area (Å²) in [6, 6.07) is 7.51. The molecule has 5 heteroatoms. The lowest BCUT2D eigenvalue weighted by Crippen LogP contribution is -2.35. The third kappa shape index (κ3) is 2.32. The highest BCUT2D eigenvalue weighted by Crippen LogP contribution is 2.28. The van der Waals surface area contributed by atoms with Gasteiger partial charge >= 0.3 is 0 Å². The van der Waals surface area contributed by atoms with Crippen molar-refractivity contribution in [2.45, 2.75) is 12.0 Å². The Morgan fingerprint density at radius 3 is 1.95 bits per heavy atom. The van der Waals surface area contributed by atoms with Gasteiger partial charge in [-0.1, -0.05) is 0 Å². The molecule has 1 atom stereocenters. The van der Waals surface area contributed by atoms with Crippen molar-refractivity contribution in [2.75, 3.05) is 6.67 Å². The van der Waals surface area contributed by atoms with Gasteiger partial charge in [0.1, 0.15) is 0 Å². The van der Waals surface area contributed by atoms with Crippen LogP contribution < -0.4 is 10.6 Å². The van der Waals surface area contributed by atoms with Crippen LogP contribution in [0, 0.1) is 0 Å². The van der Waals surface area contributed by atoms with Crippen LogP contribution in [0.25, 0.3) is 0 Å². The molecule has 1 saturated heterocycles. The second kappa shape index (κ2) is 5.16.